The van der Waals surface area contributed by atoms with Crippen molar-refractivity contribution in [1.29, 1.82) is 0 Å². The lowest BCUT2D eigenvalue weighted by Crippen LogP contribution is -2.45. The molecule has 0 bridgehead atoms. The highest BCUT2D eigenvalue weighted by molar-refractivity contribution is 5.90. The van der Waals surface area contributed by atoms with E-state index in [0.29, 0.717) is 0 Å². The second-order valence-corrected chi connectivity index (χ2v) is 7.76. The SMILES string of the molecule is CC(C)[C@H](NC(=O)Cn1ccc2cc(-c3cnc4ccccc4c3)ccc21)C(=O)O. The molecule has 6 heteroatoms. The van der Waals surface area contributed by atoms with E-state index in [0.717, 1.165) is 32.9 Å². The van der Waals surface area contributed by atoms with Crippen molar-refractivity contribution in [1.82, 2.24) is 14.9 Å². The Bertz CT molecular complexity index is 1240. The van der Waals surface area contributed by atoms with Crippen LogP contribution in [0.3, 0.4) is 0 Å². The summed E-state index contributed by atoms with van der Waals surface area (Å²) in [6.45, 7) is 3.61. The zero-order chi connectivity index (χ0) is 21.3. The number of hydrogen-bond acceptors (Lipinski definition) is 3. The lowest BCUT2D eigenvalue weighted by atomic mass is 10.0. The molecule has 0 fully saturated rings. The number of carbonyl (C=O) groups excluding carboxylic acids is 1. The summed E-state index contributed by atoms with van der Waals surface area (Å²) in [5.41, 5.74) is 3.95. The molecule has 2 aromatic heterocycles. The molecule has 0 aliphatic rings. The third kappa shape index (κ3) is 3.89. The van der Waals surface area contributed by atoms with Crippen molar-refractivity contribution in [2.45, 2.75) is 26.4 Å². The van der Waals surface area contributed by atoms with Crippen LogP contribution in [0.4, 0.5) is 0 Å². The summed E-state index contributed by atoms with van der Waals surface area (Å²) in [6.07, 6.45) is 3.71. The second-order valence-electron chi connectivity index (χ2n) is 7.76. The van der Waals surface area contributed by atoms with Crippen LogP contribution in [0, 0.1) is 5.92 Å². The van der Waals surface area contributed by atoms with Crippen molar-refractivity contribution >= 4 is 33.7 Å². The molecule has 0 aliphatic heterocycles. The standard InChI is InChI=1S/C24H23N3O3/c1-15(2)23(24(29)30)26-22(28)14-27-10-9-18-11-16(7-8-21(18)27)19-12-17-5-3-4-6-20(17)25-13-19/h3-13,15,23H,14H2,1-2H3,(H,26,28)(H,29,30)/t23-/m0/s1. The quantitative estimate of drug-likeness (QED) is 0.510. The van der Waals surface area contributed by atoms with Gasteiger partial charge in [-0.2, -0.15) is 0 Å². The first-order chi connectivity index (χ1) is 14.4. The predicted molar refractivity (Wildman–Crippen MR) is 117 cm³/mol. The molecule has 0 saturated heterocycles. The van der Waals surface area contributed by atoms with Gasteiger partial charge in [-0.1, -0.05) is 38.1 Å². The van der Waals surface area contributed by atoms with Gasteiger partial charge in [-0.25, -0.2) is 4.79 Å². The summed E-state index contributed by atoms with van der Waals surface area (Å²) in [7, 11) is 0. The Labute approximate surface area is 174 Å². The summed E-state index contributed by atoms with van der Waals surface area (Å²) in [6, 6.07) is 17.2. The maximum Gasteiger partial charge on any atom is 0.326 e. The highest BCUT2D eigenvalue weighted by Gasteiger charge is 2.23. The lowest BCUT2D eigenvalue weighted by Gasteiger charge is -2.18. The molecule has 152 valence electrons. The molecular formula is C24H23N3O3. The van der Waals surface area contributed by atoms with E-state index >= 15 is 0 Å². The van der Waals surface area contributed by atoms with Gasteiger partial charge in [-0.05, 0) is 41.8 Å². The molecule has 2 heterocycles. The number of para-hydroxylation sites is 1. The van der Waals surface area contributed by atoms with Gasteiger partial charge in [0.2, 0.25) is 5.91 Å². The number of fused-ring (bicyclic) bond motifs is 2. The first-order valence-corrected chi connectivity index (χ1v) is 9.88. The average molecular weight is 401 g/mol. The Kier molecular flexibility index (Phi) is 5.23. The molecule has 2 N–H and O–H groups in total. The molecule has 0 unspecified atom stereocenters. The third-order valence-electron chi connectivity index (χ3n) is 5.26. The van der Waals surface area contributed by atoms with Crippen LogP contribution < -0.4 is 5.32 Å². The maximum atomic E-state index is 12.4. The van der Waals surface area contributed by atoms with E-state index in [1.165, 1.54) is 0 Å². The second kappa shape index (κ2) is 7.99. The number of aromatic nitrogens is 2. The maximum absolute atomic E-state index is 12.4. The van der Waals surface area contributed by atoms with Crippen LogP contribution >= 0.6 is 0 Å². The van der Waals surface area contributed by atoms with Gasteiger partial charge in [0.1, 0.15) is 12.6 Å². The summed E-state index contributed by atoms with van der Waals surface area (Å²) in [5.74, 6) is -1.54. The van der Waals surface area contributed by atoms with Crippen molar-refractivity contribution in [3.05, 3.63) is 67.0 Å². The number of pyridine rings is 1. The van der Waals surface area contributed by atoms with Crippen molar-refractivity contribution in [2.24, 2.45) is 5.92 Å². The number of carboxylic acid groups (broad SMARTS) is 1. The molecule has 1 amide bonds. The molecule has 4 rings (SSSR count). The number of rotatable bonds is 6. The van der Waals surface area contributed by atoms with E-state index in [4.69, 9.17) is 0 Å². The third-order valence-corrected chi connectivity index (χ3v) is 5.26. The summed E-state index contributed by atoms with van der Waals surface area (Å²) < 4.78 is 1.83. The van der Waals surface area contributed by atoms with Crippen LogP contribution in [0.25, 0.3) is 32.9 Å². The molecule has 4 aromatic rings. The summed E-state index contributed by atoms with van der Waals surface area (Å²) in [4.78, 5) is 28.2. The van der Waals surface area contributed by atoms with E-state index in [1.54, 1.807) is 13.8 Å². The Balaban J connectivity index is 1.57. The van der Waals surface area contributed by atoms with Crippen LogP contribution in [0.1, 0.15) is 13.8 Å². The van der Waals surface area contributed by atoms with Crippen molar-refractivity contribution in [2.75, 3.05) is 0 Å². The van der Waals surface area contributed by atoms with Crippen molar-refractivity contribution in [3.63, 3.8) is 0 Å². The van der Waals surface area contributed by atoms with Gasteiger partial charge in [0.15, 0.2) is 0 Å². The van der Waals surface area contributed by atoms with Gasteiger partial charge < -0.3 is 15.0 Å². The average Bonchev–Trinajstić information content (AvgIpc) is 3.13. The molecule has 30 heavy (non-hydrogen) atoms. The zero-order valence-electron chi connectivity index (χ0n) is 16.9. The summed E-state index contributed by atoms with van der Waals surface area (Å²) >= 11 is 0. The van der Waals surface area contributed by atoms with Gasteiger partial charge >= 0.3 is 5.97 Å². The number of nitrogens with one attached hydrogen (secondary N) is 1. The number of benzene rings is 2. The van der Waals surface area contributed by atoms with E-state index in [2.05, 4.69) is 22.4 Å². The first kappa shape index (κ1) is 19.6. The topological polar surface area (TPSA) is 84.2 Å². The molecule has 2 aromatic carbocycles. The van der Waals surface area contributed by atoms with Gasteiger partial charge in [-0.15, -0.1) is 0 Å². The van der Waals surface area contributed by atoms with Gasteiger partial charge in [0.05, 0.1) is 5.52 Å². The monoisotopic (exact) mass is 401 g/mol. The fourth-order valence-electron chi connectivity index (χ4n) is 3.63. The highest BCUT2D eigenvalue weighted by atomic mass is 16.4. The predicted octanol–water partition coefficient (Wildman–Crippen LogP) is 4.08. The first-order valence-electron chi connectivity index (χ1n) is 9.88. The Morgan fingerprint density at radius 3 is 2.57 bits per heavy atom. The van der Waals surface area contributed by atoms with E-state index in [-0.39, 0.29) is 18.4 Å². The minimum Gasteiger partial charge on any atom is -0.480 e. The van der Waals surface area contributed by atoms with Crippen LogP contribution in [0.15, 0.2) is 67.0 Å². The highest BCUT2D eigenvalue weighted by Crippen LogP contribution is 2.27. The van der Waals surface area contributed by atoms with Crippen LogP contribution in [0.2, 0.25) is 0 Å². The molecule has 0 aliphatic carbocycles. The van der Waals surface area contributed by atoms with E-state index in [1.807, 2.05) is 59.4 Å². The van der Waals surface area contributed by atoms with Gasteiger partial charge in [0.25, 0.3) is 0 Å². The number of hydrogen-bond donors (Lipinski definition) is 2. The molecule has 0 radical (unpaired) electrons. The van der Waals surface area contributed by atoms with Crippen molar-refractivity contribution in [3.8, 4) is 11.1 Å². The Morgan fingerprint density at radius 1 is 1.03 bits per heavy atom. The molecule has 0 saturated carbocycles. The van der Waals surface area contributed by atoms with E-state index < -0.39 is 12.0 Å². The van der Waals surface area contributed by atoms with Crippen LogP contribution in [0.5, 0.6) is 0 Å². The van der Waals surface area contributed by atoms with Crippen LogP contribution in [-0.2, 0) is 16.1 Å². The fraction of sp³-hybridized carbons (Fsp3) is 0.208. The number of aliphatic carboxylic acids is 1. The fourth-order valence-corrected chi connectivity index (χ4v) is 3.63. The molecule has 0 spiro atoms. The van der Waals surface area contributed by atoms with E-state index in [9.17, 15) is 14.7 Å². The van der Waals surface area contributed by atoms with Crippen molar-refractivity contribution < 1.29 is 14.7 Å². The number of amides is 1. The normalized spacial score (nSPS) is 12.4. The zero-order valence-corrected chi connectivity index (χ0v) is 16.9. The number of carbonyl (C=O) groups is 2. The van der Waals surface area contributed by atoms with Gasteiger partial charge in [0, 0.05) is 34.2 Å². The molecular weight excluding hydrogens is 378 g/mol. The number of nitrogens with zero attached hydrogens (tertiary/aromatic N) is 2. The lowest BCUT2D eigenvalue weighted by molar-refractivity contribution is -0.143. The Hall–Kier alpha value is -3.67. The minimum atomic E-state index is -1.02. The van der Waals surface area contributed by atoms with Crippen LogP contribution in [-0.4, -0.2) is 32.6 Å². The number of carboxylic acids is 1. The smallest absolute Gasteiger partial charge is 0.326 e. The van der Waals surface area contributed by atoms with Gasteiger partial charge in [-0.3, -0.25) is 9.78 Å². The minimum absolute atomic E-state index is 0.0663. The molecule has 1 atom stereocenters. The summed E-state index contributed by atoms with van der Waals surface area (Å²) in [5, 5.41) is 14.0. The largest absolute Gasteiger partial charge is 0.480 e. The Morgan fingerprint density at radius 2 is 1.80 bits per heavy atom. The molecule has 6 nitrogen and oxygen atoms in total.